The molecular weight excluding hydrogens is 430 g/mol. The predicted molar refractivity (Wildman–Crippen MR) is 123 cm³/mol. The number of phenolic OH excluding ortho intramolecular Hbond substituents is 1. The molecule has 0 aliphatic carbocycles. The molecule has 0 spiro atoms. The summed E-state index contributed by atoms with van der Waals surface area (Å²) < 4.78 is 23.2. The van der Waals surface area contributed by atoms with Gasteiger partial charge < -0.3 is 15.7 Å². The van der Waals surface area contributed by atoms with Crippen LogP contribution in [0.3, 0.4) is 0 Å². The van der Waals surface area contributed by atoms with Gasteiger partial charge in [0.05, 0.1) is 6.42 Å². The maximum absolute atomic E-state index is 12.8. The van der Waals surface area contributed by atoms with Crippen LogP contribution >= 0.6 is 0 Å². The fourth-order valence-corrected chi connectivity index (χ4v) is 3.98. The van der Waals surface area contributed by atoms with E-state index in [1.165, 1.54) is 6.07 Å². The molecular formula is C23H25N3O5S. The molecule has 0 heterocycles. The maximum atomic E-state index is 12.8. The van der Waals surface area contributed by atoms with Gasteiger partial charge in [-0.1, -0.05) is 56.3 Å². The number of carbonyl (C=O) groups is 2. The minimum atomic E-state index is -4.17. The SMILES string of the molecule is CC(C)C(NC(=O)Cc1ccc2ccccc2c1)C(=O)Nc1ccc(O)c(S(N)(=O)=O)c1. The van der Waals surface area contributed by atoms with Crippen molar-refractivity contribution in [2.45, 2.75) is 31.2 Å². The minimum Gasteiger partial charge on any atom is -0.507 e. The van der Waals surface area contributed by atoms with Crippen molar-refractivity contribution in [3.05, 3.63) is 66.2 Å². The van der Waals surface area contributed by atoms with Gasteiger partial charge in [0.1, 0.15) is 16.7 Å². The second-order valence-electron chi connectivity index (χ2n) is 7.86. The quantitative estimate of drug-likeness (QED) is 0.406. The van der Waals surface area contributed by atoms with Crippen LogP contribution in [-0.4, -0.2) is 31.4 Å². The molecule has 168 valence electrons. The first kappa shape index (κ1) is 23.2. The zero-order valence-corrected chi connectivity index (χ0v) is 18.5. The highest BCUT2D eigenvalue weighted by molar-refractivity contribution is 7.89. The monoisotopic (exact) mass is 455 g/mol. The largest absolute Gasteiger partial charge is 0.507 e. The number of hydrogen-bond acceptors (Lipinski definition) is 5. The number of anilines is 1. The number of primary sulfonamides is 1. The Hall–Kier alpha value is -3.43. The van der Waals surface area contributed by atoms with Gasteiger partial charge in [-0.3, -0.25) is 9.59 Å². The lowest BCUT2D eigenvalue weighted by atomic mass is 10.0. The Bertz CT molecular complexity index is 1270. The molecule has 0 saturated carbocycles. The zero-order valence-electron chi connectivity index (χ0n) is 17.7. The van der Waals surface area contributed by atoms with E-state index in [0.29, 0.717) is 0 Å². The van der Waals surface area contributed by atoms with Crippen LogP contribution in [0.5, 0.6) is 5.75 Å². The van der Waals surface area contributed by atoms with E-state index in [-0.39, 0.29) is 23.9 Å². The summed E-state index contributed by atoms with van der Waals surface area (Å²) in [6.45, 7) is 3.57. The molecule has 2 amide bonds. The third-order valence-corrected chi connectivity index (χ3v) is 5.92. The molecule has 0 aliphatic heterocycles. The standard InChI is InChI=1S/C23H25N3O5S/c1-14(2)22(23(29)25-18-9-10-19(27)20(13-18)32(24,30)31)26-21(28)12-15-7-8-16-5-3-4-6-17(16)11-15/h3-11,13-14,22,27H,12H2,1-2H3,(H,25,29)(H,26,28)(H2,24,30,31). The van der Waals surface area contributed by atoms with Crippen LogP contribution in [-0.2, 0) is 26.0 Å². The summed E-state index contributed by atoms with van der Waals surface area (Å²) in [5.41, 5.74) is 0.951. The highest BCUT2D eigenvalue weighted by atomic mass is 32.2. The molecule has 8 nitrogen and oxygen atoms in total. The fourth-order valence-electron chi connectivity index (χ4n) is 3.33. The van der Waals surface area contributed by atoms with Crippen molar-refractivity contribution in [3.8, 4) is 5.75 Å². The average Bonchev–Trinajstić information content (AvgIpc) is 2.72. The number of sulfonamides is 1. The number of nitrogens with one attached hydrogen (secondary N) is 2. The van der Waals surface area contributed by atoms with Crippen LogP contribution in [0.2, 0.25) is 0 Å². The van der Waals surface area contributed by atoms with Gasteiger partial charge in [-0.2, -0.15) is 0 Å². The number of aromatic hydroxyl groups is 1. The van der Waals surface area contributed by atoms with E-state index in [2.05, 4.69) is 10.6 Å². The van der Waals surface area contributed by atoms with E-state index in [0.717, 1.165) is 28.5 Å². The smallest absolute Gasteiger partial charge is 0.247 e. The van der Waals surface area contributed by atoms with Gasteiger partial charge in [-0.15, -0.1) is 0 Å². The third-order valence-electron chi connectivity index (χ3n) is 4.98. The van der Waals surface area contributed by atoms with E-state index >= 15 is 0 Å². The van der Waals surface area contributed by atoms with Gasteiger partial charge >= 0.3 is 0 Å². The van der Waals surface area contributed by atoms with E-state index in [9.17, 15) is 23.1 Å². The maximum Gasteiger partial charge on any atom is 0.247 e. The van der Waals surface area contributed by atoms with Crippen molar-refractivity contribution in [3.63, 3.8) is 0 Å². The number of amides is 2. The van der Waals surface area contributed by atoms with Gasteiger partial charge in [0.2, 0.25) is 21.8 Å². The first-order valence-electron chi connectivity index (χ1n) is 9.98. The Morgan fingerprint density at radius 2 is 1.69 bits per heavy atom. The normalized spacial score (nSPS) is 12.5. The van der Waals surface area contributed by atoms with E-state index < -0.39 is 32.6 Å². The Labute approximate surface area is 186 Å². The second kappa shape index (κ2) is 9.37. The van der Waals surface area contributed by atoms with Crippen LogP contribution in [0.4, 0.5) is 5.69 Å². The van der Waals surface area contributed by atoms with E-state index in [1.807, 2.05) is 42.5 Å². The molecule has 32 heavy (non-hydrogen) atoms. The van der Waals surface area contributed by atoms with E-state index in [1.54, 1.807) is 13.8 Å². The molecule has 0 aromatic heterocycles. The van der Waals surface area contributed by atoms with Gasteiger partial charge in [-0.05, 0) is 40.5 Å². The highest BCUT2D eigenvalue weighted by Gasteiger charge is 2.25. The average molecular weight is 456 g/mol. The summed E-state index contributed by atoms with van der Waals surface area (Å²) >= 11 is 0. The Balaban J connectivity index is 1.71. The number of benzene rings is 3. The van der Waals surface area contributed by atoms with Crippen molar-refractivity contribution >= 4 is 38.3 Å². The third kappa shape index (κ3) is 5.63. The summed E-state index contributed by atoms with van der Waals surface area (Å²) in [6, 6.07) is 16.3. The Morgan fingerprint density at radius 3 is 2.34 bits per heavy atom. The summed E-state index contributed by atoms with van der Waals surface area (Å²) in [7, 11) is -4.17. The van der Waals surface area contributed by atoms with Crippen LogP contribution in [0.1, 0.15) is 19.4 Å². The number of phenols is 1. The van der Waals surface area contributed by atoms with Crippen molar-refractivity contribution in [1.29, 1.82) is 0 Å². The molecule has 0 saturated heterocycles. The molecule has 0 fully saturated rings. The van der Waals surface area contributed by atoms with Crippen molar-refractivity contribution in [1.82, 2.24) is 5.32 Å². The zero-order chi connectivity index (χ0) is 23.5. The summed E-state index contributed by atoms with van der Waals surface area (Å²) in [4.78, 5) is 24.9. The van der Waals surface area contributed by atoms with Crippen LogP contribution in [0.25, 0.3) is 10.8 Å². The molecule has 3 aromatic rings. The van der Waals surface area contributed by atoms with Crippen molar-refractivity contribution < 1.29 is 23.1 Å². The van der Waals surface area contributed by atoms with Crippen molar-refractivity contribution in [2.75, 3.05) is 5.32 Å². The molecule has 5 N–H and O–H groups in total. The Morgan fingerprint density at radius 1 is 1.00 bits per heavy atom. The van der Waals surface area contributed by atoms with Gasteiger partial charge in [-0.25, -0.2) is 13.6 Å². The number of rotatable bonds is 7. The molecule has 3 aromatic carbocycles. The number of nitrogens with two attached hydrogens (primary N) is 1. The van der Waals surface area contributed by atoms with E-state index in [4.69, 9.17) is 5.14 Å². The lowest BCUT2D eigenvalue weighted by Gasteiger charge is -2.22. The first-order chi connectivity index (χ1) is 15.0. The minimum absolute atomic E-state index is 0.107. The van der Waals surface area contributed by atoms with Crippen LogP contribution in [0.15, 0.2) is 65.6 Å². The second-order valence-corrected chi connectivity index (χ2v) is 9.39. The predicted octanol–water partition coefficient (Wildman–Crippen LogP) is 2.51. The highest BCUT2D eigenvalue weighted by Crippen LogP contribution is 2.25. The van der Waals surface area contributed by atoms with Crippen LogP contribution in [0, 0.1) is 5.92 Å². The van der Waals surface area contributed by atoms with Crippen LogP contribution < -0.4 is 15.8 Å². The molecule has 3 rings (SSSR count). The molecule has 0 bridgehead atoms. The topological polar surface area (TPSA) is 139 Å². The van der Waals surface area contributed by atoms with Gasteiger partial charge in [0.25, 0.3) is 0 Å². The lowest BCUT2D eigenvalue weighted by Crippen LogP contribution is -2.47. The fraction of sp³-hybridized carbons (Fsp3) is 0.217. The summed E-state index contributed by atoms with van der Waals surface area (Å²) in [5, 5.41) is 22.2. The van der Waals surface area contributed by atoms with Crippen molar-refractivity contribution in [2.24, 2.45) is 11.1 Å². The Kier molecular flexibility index (Phi) is 6.81. The molecule has 9 heteroatoms. The number of hydrogen-bond donors (Lipinski definition) is 4. The summed E-state index contributed by atoms with van der Waals surface area (Å²) in [5.74, 6) is -1.58. The summed E-state index contributed by atoms with van der Waals surface area (Å²) in [6.07, 6.45) is 0.107. The lowest BCUT2D eigenvalue weighted by molar-refractivity contribution is -0.127. The molecule has 0 radical (unpaired) electrons. The van der Waals surface area contributed by atoms with Gasteiger partial charge in [0.15, 0.2) is 0 Å². The first-order valence-corrected chi connectivity index (χ1v) is 11.5. The number of fused-ring (bicyclic) bond motifs is 1. The van der Waals surface area contributed by atoms with Gasteiger partial charge in [0, 0.05) is 5.69 Å². The molecule has 0 aliphatic rings. The molecule has 1 unspecified atom stereocenters. The number of carbonyl (C=O) groups excluding carboxylic acids is 2. The molecule has 1 atom stereocenters.